The zero-order chi connectivity index (χ0) is 23.3. The number of nitrogens with zero attached hydrogens (tertiary/aromatic N) is 2. The van der Waals surface area contributed by atoms with Gasteiger partial charge in [0.05, 0.1) is 13.2 Å². The van der Waals surface area contributed by atoms with Crippen LogP contribution >= 0.6 is 0 Å². The highest BCUT2D eigenvalue weighted by molar-refractivity contribution is 5.70. The van der Waals surface area contributed by atoms with Crippen LogP contribution in [-0.2, 0) is 4.79 Å². The number of methoxy groups -OCH3 is 1. The van der Waals surface area contributed by atoms with Crippen molar-refractivity contribution >= 4 is 12.5 Å². The maximum atomic E-state index is 11.9. The highest BCUT2D eigenvalue weighted by Gasteiger charge is 2.18. The van der Waals surface area contributed by atoms with Crippen molar-refractivity contribution in [2.24, 2.45) is 0 Å². The van der Waals surface area contributed by atoms with E-state index in [1.165, 1.54) is 12.0 Å². The Morgan fingerprint density at radius 1 is 1.17 bits per heavy atom. The van der Waals surface area contributed by atoms with E-state index in [1.807, 2.05) is 13.8 Å². The molecule has 8 heteroatoms. The number of β-amino-alcohol motifs (C(OH)–C–C–N with tert-alkyl or cyclic N) is 1. The molecule has 1 unspecified atom stereocenters. The fourth-order valence-corrected chi connectivity index (χ4v) is 1.96. The summed E-state index contributed by atoms with van der Waals surface area (Å²) < 4.78 is 10.6. The van der Waals surface area contributed by atoms with Gasteiger partial charge in [-0.15, -0.1) is 0 Å². The number of carbonyl (C=O) groups is 2. The highest BCUT2D eigenvalue weighted by atomic mass is 16.6. The van der Waals surface area contributed by atoms with Crippen molar-refractivity contribution in [2.75, 3.05) is 40.8 Å². The van der Waals surface area contributed by atoms with Crippen LogP contribution in [-0.4, -0.2) is 73.8 Å². The summed E-state index contributed by atoms with van der Waals surface area (Å²) in [6.45, 7) is 11.8. The minimum Gasteiger partial charge on any atom is -0.497 e. The first-order valence-electron chi connectivity index (χ1n) is 10.2. The van der Waals surface area contributed by atoms with Gasteiger partial charge in [0.15, 0.2) is 0 Å². The fraction of sp³-hybridized carbons (Fsp3) is 0.636. The fourth-order valence-electron chi connectivity index (χ4n) is 1.96. The van der Waals surface area contributed by atoms with Gasteiger partial charge >= 0.3 is 6.09 Å². The Hall–Kier alpha value is -2.32. The van der Waals surface area contributed by atoms with Crippen LogP contribution in [0.3, 0.4) is 0 Å². The summed E-state index contributed by atoms with van der Waals surface area (Å²) in [4.78, 5) is 24.6. The van der Waals surface area contributed by atoms with E-state index in [4.69, 9.17) is 9.47 Å². The Labute approximate surface area is 181 Å². The number of ether oxygens (including phenoxy) is 2. The summed E-state index contributed by atoms with van der Waals surface area (Å²) in [5, 5.41) is 13.8. The first-order valence-corrected chi connectivity index (χ1v) is 10.2. The molecule has 2 N–H and O–H groups in total. The van der Waals surface area contributed by atoms with Crippen molar-refractivity contribution < 1.29 is 24.2 Å². The molecule has 1 atom stereocenters. The monoisotopic (exact) mass is 425 g/mol. The molecule has 0 spiro atoms. The summed E-state index contributed by atoms with van der Waals surface area (Å²) >= 11 is 0. The normalized spacial score (nSPS) is 11.6. The Morgan fingerprint density at radius 2 is 1.77 bits per heavy atom. The minimum atomic E-state index is -0.729. The van der Waals surface area contributed by atoms with Gasteiger partial charge in [-0.2, -0.15) is 0 Å². The SMILES string of the molecule is CCN(C)C(=O)Oc1cc(OC)cc(C(O)CNC(C)(C)CC)c1.CCN(C)C=O. The van der Waals surface area contributed by atoms with Crippen LogP contribution in [0.2, 0.25) is 0 Å². The molecule has 1 aromatic rings. The number of amides is 2. The number of hydrogen-bond donors (Lipinski definition) is 2. The molecule has 0 heterocycles. The van der Waals surface area contributed by atoms with Gasteiger partial charge in [0.1, 0.15) is 11.5 Å². The highest BCUT2D eigenvalue weighted by Crippen LogP contribution is 2.27. The summed E-state index contributed by atoms with van der Waals surface area (Å²) in [6, 6.07) is 5.03. The number of nitrogens with one attached hydrogen (secondary N) is 1. The van der Waals surface area contributed by atoms with E-state index in [1.54, 1.807) is 37.2 Å². The summed E-state index contributed by atoms with van der Waals surface area (Å²) in [7, 11) is 4.94. The Balaban J connectivity index is 0.00000122. The van der Waals surface area contributed by atoms with E-state index in [2.05, 4.69) is 26.1 Å². The summed E-state index contributed by atoms with van der Waals surface area (Å²) in [5.41, 5.74) is 0.578. The third-order valence-corrected chi connectivity index (χ3v) is 4.85. The molecule has 0 bridgehead atoms. The molecule has 1 aromatic carbocycles. The third-order valence-electron chi connectivity index (χ3n) is 4.85. The molecule has 0 aliphatic heterocycles. The minimum absolute atomic E-state index is 0.0566. The van der Waals surface area contributed by atoms with Crippen LogP contribution in [0.25, 0.3) is 0 Å². The van der Waals surface area contributed by atoms with Crippen molar-refractivity contribution in [1.82, 2.24) is 15.1 Å². The van der Waals surface area contributed by atoms with E-state index in [9.17, 15) is 14.7 Å². The van der Waals surface area contributed by atoms with Gasteiger partial charge in [0.25, 0.3) is 0 Å². The van der Waals surface area contributed by atoms with Crippen LogP contribution in [0, 0.1) is 0 Å². The molecular weight excluding hydrogens is 386 g/mol. The molecular formula is C22H39N3O5. The summed E-state index contributed by atoms with van der Waals surface area (Å²) in [6.07, 6.45) is 0.577. The van der Waals surface area contributed by atoms with Gasteiger partial charge < -0.3 is 29.7 Å². The van der Waals surface area contributed by atoms with E-state index in [0.717, 1.165) is 19.4 Å². The lowest BCUT2D eigenvalue weighted by Gasteiger charge is -2.26. The first kappa shape index (κ1) is 27.7. The molecule has 172 valence electrons. The smallest absolute Gasteiger partial charge is 0.414 e. The van der Waals surface area contributed by atoms with Crippen molar-refractivity contribution in [3.05, 3.63) is 23.8 Å². The molecule has 8 nitrogen and oxygen atoms in total. The largest absolute Gasteiger partial charge is 0.497 e. The van der Waals surface area contributed by atoms with Crippen LogP contribution in [0.15, 0.2) is 18.2 Å². The van der Waals surface area contributed by atoms with Crippen LogP contribution < -0.4 is 14.8 Å². The number of aliphatic hydroxyl groups is 1. The maximum Gasteiger partial charge on any atom is 0.414 e. The zero-order valence-electron chi connectivity index (χ0n) is 19.7. The lowest BCUT2D eigenvalue weighted by atomic mass is 10.0. The Kier molecular flexibility index (Phi) is 12.8. The second-order valence-corrected chi connectivity index (χ2v) is 7.64. The first-order chi connectivity index (χ1) is 14.0. The number of benzene rings is 1. The predicted octanol–water partition coefficient (Wildman–Crippen LogP) is 3.05. The molecule has 0 aliphatic carbocycles. The van der Waals surface area contributed by atoms with E-state index in [0.29, 0.717) is 30.2 Å². The number of hydrogen-bond acceptors (Lipinski definition) is 6. The molecule has 0 fully saturated rings. The number of rotatable bonds is 10. The second-order valence-electron chi connectivity index (χ2n) is 7.64. The lowest BCUT2D eigenvalue weighted by Crippen LogP contribution is -2.40. The number of aliphatic hydroxyl groups excluding tert-OH is 1. The lowest BCUT2D eigenvalue weighted by molar-refractivity contribution is -0.116. The van der Waals surface area contributed by atoms with E-state index < -0.39 is 12.2 Å². The second kappa shape index (κ2) is 13.8. The molecule has 0 aromatic heterocycles. The average molecular weight is 426 g/mol. The molecule has 0 aliphatic rings. The molecule has 2 amide bonds. The summed E-state index contributed by atoms with van der Waals surface area (Å²) in [5.74, 6) is 0.881. The Bertz CT molecular complexity index is 652. The van der Waals surface area contributed by atoms with Crippen molar-refractivity contribution in [1.29, 1.82) is 0 Å². The van der Waals surface area contributed by atoms with Crippen molar-refractivity contribution in [3.8, 4) is 11.5 Å². The molecule has 0 radical (unpaired) electrons. The zero-order valence-corrected chi connectivity index (χ0v) is 19.7. The van der Waals surface area contributed by atoms with Gasteiger partial charge in [-0.05, 0) is 51.8 Å². The van der Waals surface area contributed by atoms with Crippen molar-refractivity contribution in [2.45, 2.75) is 52.7 Å². The average Bonchev–Trinajstić information content (AvgIpc) is 2.76. The van der Waals surface area contributed by atoms with E-state index in [-0.39, 0.29) is 5.54 Å². The maximum absolute atomic E-state index is 11.9. The van der Waals surface area contributed by atoms with Gasteiger partial charge in [-0.25, -0.2) is 4.79 Å². The molecule has 30 heavy (non-hydrogen) atoms. The van der Waals surface area contributed by atoms with Crippen LogP contribution in [0.5, 0.6) is 11.5 Å². The van der Waals surface area contributed by atoms with Gasteiger partial charge in [-0.1, -0.05) is 6.92 Å². The van der Waals surface area contributed by atoms with Gasteiger partial charge in [0.2, 0.25) is 6.41 Å². The number of carbonyl (C=O) groups excluding carboxylic acids is 2. The molecule has 0 saturated heterocycles. The topological polar surface area (TPSA) is 91.3 Å². The van der Waals surface area contributed by atoms with Crippen molar-refractivity contribution in [3.63, 3.8) is 0 Å². The van der Waals surface area contributed by atoms with Gasteiger partial charge in [-0.3, -0.25) is 4.79 Å². The standard InChI is InChI=1S/C18H30N2O4.C4H9NO/c1-7-18(3,4)19-12-16(21)13-9-14(23-6)11-15(10-13)24-17(22)20(5)8-2;1-3-5(2)4-6/h9-11,16,19,21H,7-8,12H2,1-6H3;4H,3H2,1-2H3. The third kappa shape index (κ3) is 10.5. The Morgan fingerprint density at radius 3 is 2.20 bits per heavy atom. The van der Waals surface area contributed by atoms with Crippen LogP contribution in [0.1, 0.15) is 52.7 Å². The quantitative estimate of drug-likeness (QED) is 0.560. The molecule has 1 rings (SSSR count). The predicted molar refractivity (Wildman–Crippen MR) is 119 cm³/mol. The van der Waals surface area contributed by atoms with Gasteiger partial charge in [0, 0.05) is 45.3 Å². The molecule has 0 saturated carbocycles. The van der Waals surface area contributed by atoms with E-state index >= 15 is 0 Å². The van der Waals surface area contributed by atoms with Crippen LogP contribution in [0.4, 0.5) is 4.79 Å².